The molecule has 4 heteroatoms. The molecule has 3 N–H and O–H groups in total. The lowest BCUT2D eigenvalue weighted by atomic mass is 10.1. The molecule has 0 aliphatic heterocycles. The van der Waals surface area contributed by atoms with Crippen LogP contribution in [0.2, 0.25) is 0 Å². The van der Waals surface area contributed by atoms with E-state index >= 15 is 0 Å². The Labute approximate surface area is 111 Å². The predicted octanol–water partition coefficient (Wildman–Crippen LogP) is 1.44. The highest BCUT2D eigenvalue weighted by Crippen LogP contribution is 2.30. The van der Waals surface area contributed by atoms with E-state index in [1.165, 1.54) is 5.56 Å². The first-order valence-corrected chi connectivity index (χ1v) is 6.31. The van der Waals surface area contributed by atoms with Crippen LogP contribution >= 0.6 is 0 Å². The minimum atomic E-state index is -0.183. The summed E-state index contributed by atoms with van der Waals surface area (Å²) >= 11 is 0. The number of nitrogens with zero attached hydrogens (tertiary/aromatic N) is 1. The van der Waals surface area contributed by atoms with Crippen LogP contribution in [0.1, 0.15) is 27.7 Å². The van der Waals surface area contributed by atoms with E-state index in [9.17, 15) is 4.79 Å². The van der Waals surface area contributed by atoms with Gasteiger partial charge in [0.05, 0.1) is 6.04 Å². The Morgan fingerprint density at radius 1 is 1.21 bits per heavy atom. The number of hydrogen-bond acceptors (Lipinski definition) is 3. The van der Waals surface area contributed by atoms with Crippen molar-refractivity contribution in [3.63, 3.8) is 0 Å². The predicted molar refractivity (Wildman–Crippen MR) is 72.6 cm³/mol. The molecule has 4 nitrogen and oxygen atoms in total. The Morgan fingerprint density at radius 3 is 2.79 bits per heavy atom. The molecule has 1 aromatic carbocycles. The van der Waals surface area contributed by atoms with E-state index in [4.69, 9.17) is 5.73 Å². The fourth-order valence-corrected chi connectivity index (χ4v) is 2.52. The number of hydrogen-bond donors (Lipinski definition) is 2. The molecule has 3 rings (SSSR count). The Kier molecular flexibility index (Phi) is 3.01. The summed E-state index contributed by atoms with van der Waals surface area (Å²) in [6.45, 7) is 0. The van der Waals surface area contributed by atoms with Crippen LogP contribution in [0.15, 0.2) is 48.7 Å². The number of carbonyl (C=O) groups is 1. The molecule has 0 radical (unpaired) electrons. The van der Waals surface area contributed by atoms with Crippen LogP contribution < -0.4 is 11.1 Å². The number of nitrogens with one attached hydrogen (secondary N) is 1. The summed E-state index contributed by atoms with van der Waals surface area (Å²) in [4.78, 5) is 16.2. The monoisotopic (exact) mass is 253 g/mol. The Hall–Kier alpha value is -2.20. The summed E-state index contributed by atoms with van der Waals surface area (Å²) < 4.78 is 0. The maximum Gasteiger partial charge on any atom is 0.270 e. The highest BCUT2D eigenvalue weighted by molar-refractivity contribution is 5.92. The van der Waals surface area contributed by atoms with E-state index < -0.39 is 0 Å². The van der Waals surface area contributed by atoms with Gasteiger partial charge in [-0.1, -0.05) is 30.3 Å². The van der Waals surface area contributed by atoms with Crippen molar-refractivity contribution in [3.05, 3.63) is 65.5 Å². The third-order valence-corrected chi connectivity index (χ3v) is 3.46. The van der Waals surface area contributed by atoms with Crippen LogP contribution in [0.5, 0.6) is 0 Å². The van der Waals surface area contributed by atoms with Gasteiger partial charge in [-0.25, -0.2) is 0 Å². The molecule has 2 atom stereocenters. The molecule has 0 spiro atoms. The minimum Gasteiger partial charge on any atom is -0.342 e. The highest BCUT2D eigenvalue weighted by atomic mass is 16.1. The third kappa shape index (κ3) is 2.22. The number of fused-ring (bicyclic) bond motifs is 1. The number of pyridine rings is 1. The maximum absolute atomic E-state index is 12.1. The zero-order chi connectivity index (χ0) is 13.2. The van der Waals surface area contributed by atoms with E-state index in [1.807, 2.05) is 18.2 Å². The first kappa shape index (κ1) is 11.9. The van der Waals surface area contributed by atoms with Gasteiger partial charge < -0.3 is 11.1 Å². The smallest absolute Gasteiger partial charge is 0.270 e. The fourth-order valence-electron chi connectivity index (χ4n) is 2.52. The number of nitrogens with two attached hydrogens (primary N) is 1. The van der Waals surface area contributed by atoms with Gasteiger partial charge in [-0.15, -0.1) is 0 Å². The van der Waals surface area contributed by atoms with Gasteiger partial charge in [0.15, 0.2) is 0 Å². The number of benzene rings is 1. The van der Waals surface area contributed by atoms with Crippen LogP contribution in [0.3, 0.4) is 0 Å². The molecule has 19 heavy (non-hydrogen) atoms. The minimum absolute atomic E-state index is 0.0786. The van der Waals surface area contributed by atoms with Crippen molar-refractivity contribution >= 4 is 5.91 Å². The molecular formula is C15H15N3O. The standard InChI is InChI=1S/C15H15N3O/c16-12-9-10-5-1-2-6-11(10)14(12)18-15(19)13-7-3-4-8-17-13/h1-8,12,14H,9,16H2,(H,18,19). The van der Waals surface area contributed by atoms with Crippen LogP contribution in [-0.4, -0.2) is 16.9 Å². The topological polar surface area (TPSA) is 68.0 Å². The van der Waals surface area contributed by atoms with Crippen molar-refractivity contribution < 1.29 is 4.79 Å². The maximum atomic E-state index is 12.1. The van der Waals surface area contributed by atoms with Gasteiger partial charge in [-0.05, 0) is 29.7 Å². The van der Waals surface area contributed by atoms with Gasteiger partial charge in [-0.3, -0.25) is 9.78 Å². The Bertz CT molecular complexity index is 597. The molecule has 2 aromatic rings. The van der Waals surface area contributed by atoms with Crippen molar-refractivity contribution in [2.75, 3.05) is 0 Å². The largest absolute Gasteiger partial charge is 0.342 e. The van der Waals surface area contributed by atoms with Crippen molar-refractivity contribution in [3.8, 4) is 0 Å². The molecule has 1 amide bonds. The SMILES string of the molecule is NC1Cc2ccccc2C1NC(=O)c1ccccn1. The summed E-state index contributed by atoms with van der Waals surface area (Å²) in [6, 6.07) is 13.1. The lowest BCUT2D eigenvalue weighted by molar-refractivity contribution is 0.0928. The van der Waals surface area contributed by atoms with E-state index in [0.717, 1.165) is 12.0 Å². The number of aromatic nitrogens is 1. The van der Waals surface area contributed by atoms with E-state index in [-0.39, 0.29) is 18.0 Å². The highest BCUT2D eigenvalue weighted by Gasteiger charge is 2.30. The third-order valence-electron chi connectivity index (χ3n) is 3.46. The summed E-state index contributed by atoms with van der Waals surface area (Å²) in [5, 5.41) is 2.97. The average Bonchev–Trinajstić information content (AvgIpc) is 2.76. The Balaban J connectivity index is 1.82. The van der Waals surface area contributed by atoms with Crippen molar-refractivity contribution in [2.45, 2.75) is 18.5 Å². The average molecular weight is 253 g/mol. The number of carbonyl (C=O) groups excluding carboxylic acids is 1. The lowest BCUT2D eigenvalue weighted by Crippen LogP contribution is -2.38. The van der Waals surface area contributed by atoms with Crippen LogP contribution in [-0.2, 0) is 6.42 Å². The molecule has 1 aliphatic carbocycles. The van der Waals surface area contributed by atoms with Crippen LogP contribution in [0.4, 0.5) is 0 Å². The van der Waals surface area contributed by atoms with Gasteiger partial charge in [0.1, 0.15) is 5.69 Å². The number of amides is 1. The Morgan fingerprint density at radius 2 is 2.00 bits per heavy atom. The first-order valence-electron chi connectivity index (χ1n) is 6.31. The van der Waals surface area contributed by atoms with E-state index in [2.05, 4.69) is 16.4 Å². The zero-order valence-corrected chi connectivity index (χ0v) is 10.4. The second-order valence-corrected chi connectivity index (χ2v) is 4.73. The summed E-state index contributed by atoms with van der Waals surface area (Å²) in [5.41, 5.74) is 8.86. The summed E-state index contributed by atoms with van der Waals surface area (Å²) in [7, 11) is 0. The molecule has 96 valence electrons. The summed E-state index contributed by atoms with van der Waals surface area (Å²) in [5.74, 6) is -0.183. The summed E-state index contributed by atoms with van der Waals surface area (Å²) in [6.07, 6.45) is 2.40. The second kappa shape index (κ2) is 4.82. The van der Waals surface area contributed by atoms with Crippen LogP contribution in [0, 0.1) is 0 Å². The molecule has 0 saturated carbocycles. The van der Waals surface area contributed by atoms with Gasteiger partial charge in [-0.2, -0.15) is 0 Å². The molecule has 2 unspecified atom stereocenters. The van der Waals surface area contributed by atoms with Gasteiger partial charge in [0.25, 0.3) is 5.91 Å². The first-order chi connectivity index (χ1) is 9.25. The number of rotatable bonds is 2. The molecule has 0 saturated heterocycles. The van der Waals surface area contributed by atoms with Crippen molar-refractivity contribution in [2.24, 2.45) is 5.73 Å². The van der Waals surface area contributed by atoms with Gasteiger partial charge in [0.2, 0.25) is 0 Å². The fraction of sp³-hybridized carbons (Fsp3) is 0.200. The molecule has 0 bridgehead atoms. The van der Waals surface area contributed by atoms with E-state index in [1.54, 1.807) is 24.4 Å². The van der Waals surface area contributed by atoms with E-state index in [0.29, 0.717) is 5.69 Å². The molecule has 0 fully saturated rings. The second-order valence-electron chi connectivity index (χ2n) is 4.73. The molecule has 1 aliphatic rings. The van der Waals surface area contributed by atoms with Crippen LogP contribution in [0.25, 0.3) is 0 Å². The quantitative estimate of drug-likeness (QED) is 0.851. The lowest BCUT2D eigenvalue weighted by Gasteiger charge is -2.18. The van der Waals surface area contributed by atoms with Crippen molar-refractivity contribution in [1.82, 2.24) is 10.3 Å². The van der Waals surface area contributed by atoms with Gasteiger partial charge >= 0.3 is 0 Å². The molecular weight excluding hydrogens is 238 g/mol. The molecule has 1 aromatic heterocycles. The molecule has 1 heterocycles. The van der Waals surface area contributed by atoms with Crippen molar-refractivity contribution in [1.29, 1.82) is 0 Å². The zero-order valence-electron chi connectivity index (χ0n) is 10.4. The normalized spacial score (nSPS) is 20.9. The van der Waals surface area contributed by atoms with Gasteiger partial charge in [0, 0.05) is 12.2 Å².